The zero-order valence-corrected chi connectivity index (χ0v) is 9.81. The fourth-order valence-electron chi connectivity index (χ4n) is 1.51. The highest BCUT2D eigenvalue weighted by atomic mass is 19.1. The Morgan fingerprint density at radius 3 is 2.41 bits per heavy atom. The van der Waals surface area contributed by atoms with E-state index < -0.39 is 6.04 Å². The minimum atomic E-state index is -0.407. The lowest BCUT2D eigenvalue weighted by molar-refractivity contribution is 0.626. The van der Waals surface area contributed by atoms with Crippen molar-refractivity contribution in [2.24, 2.45) is 5.73 Å². The number of nitrogens with one attached hydrogen (secondary N) is 1. The van der Waals surface area contributed by atoms with Gasteiger partial charge < -0.3 is 5.73 Å². The molecule has 2 aromatic rings. The van der Waals surface area contributed by atoms with Gasteiger partial charge in [0.15, 0.2) is 5.82 Å². The minimum absolute atomic E-state index is 0.250. The summed E-state index contributed by atoms with van der Waals surface area (Å²) in [5, 5.41) is 6.91. The third-order valence-corrected chi connectivity index (χ3v) is 2.56. The van der Waals surface area contributed by atoms with E-state index >= 15 is 0 Å². The molecule has 0 unspecified atom stereocenters. The van der Waals surface area contributed by atoms with Crippen molar-refractivity contribution in [2.75, 3.05) is 0 Å². The molecule has 0 aliphatic carbocycles. The van der Waals surface area contributed by atoms with Gasteiger partial charge in [-0.3, -0.25) is 5.10 Å². The van der Waals surface area contributed by atoms with Crippen LogP contribution in [0.4, 0.5) is 4.39 Å². The van der Waals surface area contributed by atoms with Crippen LogP contribution >= 0.6 is 0 Å². The van der Waals surface area contributed by atoms with Crippen molar-refractivity contribution in [3.63, 3.8) is 0 Å². The van der Waals surface area contributed by atoms with Crippen molar-refractivity contribution in [3.8, 4) is 0 Å². The van der Waals surface area contributed by atoms with Crippen LogP contribution in [-0.2, 0) is 0 Å². The molecule has 0 spiro atoms. The quantitative estimate of drug-likeness (QED) is 0.854. The summed E-state index contributed by atoms with van der Waals surface area (Å²) in [6.45, 7) is 4.02. The standard InChI is InChI=1S/C12H15FN4/c1-7(2)11-15-12(17-16-11)10(14)8-3-5-9(13)6-4-8/h3-7,10H,14H2,1-2H3,(H,15,16,17)/t10-/m1/s1. The Morgan fingerprint density at radius 2 is 1.88 bits per heavy atom. The van der Waals surface area contributed by atoms with Gasteiger partial charge in [0.1, 0.15) is 11.6 Å². The molecule has 1 aromatic heterocycles. The molecule has 0 amide bonds. The van der Waals surface area contributed by atoms with Gasteiger partial charge in [-0.05, 0) is 17.7 Å². The number of halogens is 1. The smallest absolute Gasteiger partial charge is 0.153 e. The monoisotopic (exact) mass is 234 g/mol. The van der Waals surface area contributed by atoms with Crippen LogP contribution in [0.5, 0.6) is 0 Å². The van der Waals surface area contributed by atoms with Crippen molar-refractivity contribution < 1.29 is 4.39 Å². The number of nitrogens with zero attached hydrogens (tertiary/aromatic N) is 2. The summed E-state index contributed by atoms with van der Waals surface area (Å²) in [6, 6.07) is 5.66. The van der Waals surface area contributed by atoms with E-state index in [1.54, 1.807) is 12.1 Å². The Hall–Kier alpha value is -1.75. The van der Waals surface area contributed by atoms with Gasteiger partial charge in [-0.25, -0.2) is 9.37 Å². The molecule has 0 saturated carbocycles. The van der Waals surface area contributed by atoms with E-state index in [2.05, 4.69) is 15.2 Å². The lowest BCUT2D eigenvalue weighted by Crippen LogP contribution is -2.13. The molecule has 17 heavy (non-hydrogen) atoms. The fourth-order valence-corrected chi connectivity index (χ4v) is 1.51. The van der Waals surface area contributed by atoms with Crippen molar-refractivity contribution in [1.82, 2.24) is 15.2 Å². The third-order valence-electron chi connectivity index (χ3n) is 2.56. The molecule has 1 heterocycles. The lowest BCUT2D eigenvalue weighted by atomic mass is 10.1. The molecular formula is C12H15FN4. The van der Waals surface area contributed by atoms with E-state index in [1.165, 1.54) is 12.1 Å². The van der Waals surface area contributed by atoms with Gasteiger partial charge in [-0.2, -0.15) is 5.10 Å². The first-order valence-electron chi connectivity index (χ1n) is 5.51. The zero-order chi connectivity index (χ0) is 12.4. The van der Waals surface area contributed by atoms with Crippen molar-refractivity contribution >= 4 is 0 Å². The number of hydrogen-bond acceptors (Lipinski definition) is 3. The lowest BCUT2D eigenvalue weighted by Gasteiger charge is -2.08. The first-order valence-corrected chi connectivity index (χ1v) is 5.51. The van der Waals surface area contributed by atoms with Crippen LogP contribution in [0, 0.1) is 5.82 Å². The second-order valence-corrected chi connectivity index (χ2v) is 4.26. The number of benzene rings is 1. The van der Waals surface area contributed by atoms with E-state index in [0.717, 1.165) is 11.4 Å². The topological polar surface area (TPSA) is 67.6 Å². The molecule has 0 bridgehead atoms. The molecule has 1 atom stereocenters. The van der Waals surface area contributed by atoms with Crippen molar-refractivity contribution in [2.45, 2.75) is 25.8 Å². The number of nitrogens with two attached hydrogens (primary N) is 1. The van der Waals surface area contributed by atoms with Crippen LogP contribution in [0.3, 0.4) is 0 Å². The summed E-state index contributed by atoms with van der Waals surface area (Å²) < 4.78 is 12.8. The minimum Gasteiger partial charge on any atom is -0.318 e. The van der Waals surface area contributed by atoms with Crippen LogP contribution in [0.2, 0.25) is 0 Å². The van der Waals surface area contributed by atoms with Gasteiger partial charge >= 0.3 is 0 Å². The van der Waals surface area contributed by atoms with E-state index in [1.807, 2.05) is 13.8 Å². The highest BCUT2D eigenvalue weighted by molar-refractivity contribution is 5.24. The van der Waals surface area contributed by atoms with Crippen LogP contribution in [0.25, 0.3) is 0 Å². The van der Waals surface area contributed by atoms with Gasteiger partial charge in [0.2, 0.25) is 0 Å². The molecule has 0 aliphatic heterocycles. The van der Waals surface area contributed by atoms with E-state index in [4.69, 9.17) is 5.73 Å². The summed E-state index contributed by atoms with van der Waals surface area (Å²) in [4.78, 5) is 4.32. The molecule has 2 rings (SSSR count). The van der Waals surface area contributed by atoms with Gasteiger partial charge in [0.25, 0.3) is 0 Å². The Balaban J connectivity index is 2.24. The Kier molecular flexibility index (Phi) is 3.19. The average molecular weight is 234 g/mol. The number of hydrogen-bond donors (Lipinski definition) is 2. The SMILES string of the molecule is CC(C)c1n[nH]c([C@H](N)c2ccc(F)cc2)n1. The predicted molar refractivity (Wildman–Crippen MR) is 62.9 cm³/mol. The summed E-state index contributed by atoms with van der Waals surface area (Å²) in [6.07, 6.45) is 0. The highest BCUT2D eigenvalue weighted by Gasteiger charge is 2.15. The Labute approximate surface area is 99.1 Å². The Morgan fingerprint density at radius 1 is 1.24 bits per heavy atom. The van der Waals surface area contributed by atoms with Gasteiger partial charge in [-0.1, -0.05) is 26.0 Å². The summed E-state index contributed by atoms with van der Waals surface area (Å²) in [7, 11) is 0. The van der Waals surface area contributed by atoms with E-state index in [-0.39, 0.29) is 11.7 Å². The summed E-state index contributed by atoms with van der Waals surface area (Å²) >= 11 is 0. The van der Waals surface area contributed by atoms with E-state index in [0.29, 0.717) is 5.82 Å². The molecule has 5 heteroatoms. The molecule has 0 saturated heterocycles. The number of rotatable bonds is 3. The average Bonchev–Trinajstić information content (AvgIpc) is 2.78. The maximum Gasteiger partial charge on any atom is 0.153 e. The Bertz CT molecular complexity index is 489. The number of H-pyrrole nitrogens is 1. The molecule has 3 N–H and O–H groups in total. The third kappa shape index (κ3) is 2.50. The van der Waals surface area contributed by atoms with Gasteiger partial charge in [0, 0.05) is 5.92 Å². The largest absolute Gasteiger partial charge is 0.318 e. The highest BCUT2D eigenvalue weighted by Crippen LogP contribution is 2.18. The molecule has 90 valence electrons. The molecule has 1 aromatic carbocycles. The van der Waals surface area contributed by atoms with Crippen LogP contribution < -0.4 is 5.73 Å². The molecule has 4 nitrogen and oxygen atoms in total. The predicted octanol–water partition coefficient (Wildman–Crippen LogP) is 2.12. The molecule has 0 aliphatic rings. The first kappa shape index (κ1) is 11.7. The van der Waals surface area contributed by atoms with Crippen LogP contribution in [-0.4, -0.2) is 15.2 Å². The normalized spacial score (nSPS) is 13.0. The maximum atomic E-state index is 12.8. The van der Waals surface area contributed by atoms with Crippen molar-refractivity contribution in [1.29, 1.82) is 0 Å². The number of aromatic amines is 1. The molecular weight excluding hydrogens is 219 g/mol. The van der Waals surface area contributed by atoms with E-state index in [9.17, 15) is 4.39 Å². The fraction of sp³-hybridized carbons (Fsp3) is 0.333. The second kappa shape index (κ2) is 4.63. The van der Waals surface area contributed by atoms with Crippen LogP contribution in [0.15, 0.2) is 24.3 Å². The number of aromatic nitrogens is 3. The summed E-state index contributed by atoms with van der Waals surface area (Å²) in [5.74, 6) is 1.31. The summed E-state index contributed by atoms with van der Waals surface area (Å²) in [5.41, 5.74) is 6.83. The zero-order valence-electron chi connectivity index (χ0n) is 9.81. The molecule has 0 fully saturated rings. The van der Waals surface area contributed by atoms with Gasteiger partial charge in [0.05, 0.1) is 6.04 Å². The van der Waals surface area contributed by atoms with Crippen LogP contribution in [0.1, 0.15) is 43.0 Å². The van der Waals surface area contributed by atoms with Crippen molar-refractivity contribution in [3.05, 3.63) is 47.3 Å². The second-order valence-electron chi connectivity index (χ2n) is 4.26. The first-order chi connectivity index (χ1) is 8.08. The maximum absolute atomic E-state index is 12.8. The van der Waals surface area contributed by atoms with Gasteiger partial charge in [-0.15, -0.1) is 0 Å². The molecule has 0 radical (unpaired) electrons.